The second kappa shape index (κ2) is 12.8. The number of alkyl carbamates (subject to hydrolysis) is 1. The van der Waals surface area contributed by atoms with Gasteiger partial charge in [-0.2, -0.15) is 17.0 Å². The summed E-state index contributed by atoms with van der Waals surface area (Å²) in [5.74, 6) is -0.313. The average molecular weight is 505 g/mol. The second-order valence-corrected chi connectivity index (χ2v) is 11.6. The molecule has 0 aromatic heterocycles. The molecule has 0 aliphatic rings. The standard InChI is InChI=1S/C26H40N4O4S/c1-17-10-11-18(2)19(16-17)21(22(31)29-25(3,4)5)30(14-13-27)23(32)20(12-15-35-9)28-24(33)34-26(6,7)8/h10-11,16,20-21H,12,14-15H2,1-9H3,(H,28,33)(H,29,31). The second-order valence-electron chi connectivity index (χ2n) is 10.6. The van der Waals surface area contributed by atoms with Gasteiger partial charge in [0, 0.05) is 5.54 Å². The third-order valence-corrected chi connectivity index (χ3v) is 5.56. The Labute approximate surface area is 214 Å². The maximum absolute atomic E-state index is 13.8. The normalized spacial score (nSPS) is 13.3. The molecule has 0 saturated carbocycles. The van der Waals surface area contributed by atoms with Gasteiger partial charge in [-0.3, -0.25) is 9.59 Å². The van der Waals surface area contributed by atoms with Crippen LogP contribution in [0.2, 0.25) is 0 Å². The summed E-state index contributed by atoms with van der Waals surface area (Å²) in [5, 5.41) is 15.2. The van der Waals surface area contributed by atoms with Gasteiger partial charge in [-0.05, 0) is 84.9 Å². The molecule has 1 rings (SSSR count). The van der Waals surface area contributed by atoms with Gasteiger partial charge in [-0.1, -0.05) is 23.8 Å². The number of hydrogen-bond acceptors (Lipinski definition) is 6. The van der Waals surface area contributed by atoms with Crippen molar-refractivity contribution in [1.29, 1.82) is 5.26 Å². The number of nitrogens with zero attached hydrogens (tertiary/aromatic N) is 2. The van der Waals surface area contributed by atoms with Crippen LogP contribution < -0.4 is 10.6 Å². The minimum absolute atomic E-state index is 0.319. The molecule has 2 atom stereocenters. The van der Waals surface area contributed by atoms with Gasteiger partial charge in [0.15, 0.2) is 0 Å². The molecule has 0 saturated heterocycles. The molecule has 2 unspecified atom stereocenters. The zero-order valence-electron chi connectivity index (χ0n) is 22.4. The van der Waals surface area contributed by atoms with Gasteiger partial charge < -0.3 is 20.3 Å². The Morgan fingerprint density at radius 2 is 1.77 bits per heavy atom. The molecule has 3 amide bonds. The predicted molar refractivity (Wildman–Crippen MR) is 140 cm³/mol. The number of carbonyl (C=O) groups is 3. The topological polar surface area (TPSA) is 112 Å². The number of hydrogen-bond donors (Lipinski definition) is 2. The Kier molecular flexibility index (Phi) is 11.1. The molecule has 0 aliphatic carbocycles. The van der Waals surface area contributed by atoms with Crippen LogP contribution in [0.3, 0.4) is 0 Å². The van der Waals surface area contributed by atoms with E-state index < -0.39 is 41.1 Å². The van der Waals surface area contributed by atoms with Crippen LogP contribution in [-0.2, 0) is 14.3 Å². The molecule has 1 aromatic rings. The molecular formula is C26H40N4O4S. The molecule has 194 valence electrons. The number of carbonyl (C=O) groups excluding carboxylic acids is 3. The van der Waals surface area contributed by atoms with Crippen LogP contribution in [0.25, 0.3) is 0 Å². The Morgan fingerprint density at radius 3 is 2.29 bits per heavy atom. The third kappa shape index (κ3) is 10.2. The fraction of sp³-hybridized carbons (Fsp3) is 0.615. The summed E-state index contributed by atoms with van der Waals surface area (Å²) < 4.78 is 5.36. The zero-order chi connectivity index (χ0) is 27.0. The molecule has 35 heavy (non-hydrogen) atoms. The van der Waals surface area contributed by atoms with E-state index in [2.05, 4.69) is 10.6 Å². The first kappa shape index (κ1) is 30.3. The number of amides is 3. The number of benzene rings is 1. The summed E-state index contributed by atoms with van der Waals surface area (Å²) in [5.41, 5.74) is 1.09. The Bertz CT molecular complexity index is 944. The van der Waals surface area contributed by atoms with Gasteiger partial charge in [0.05, 0.1) is 6.07 Å². The smallest absolute Gasteiger partial charge is 0.408 e. The highest BCUT2D eigenvalue weighted by atomic mass is 32.2. The Balaban J connectivity index is 3.53. The van der Waals surface area contributed by atoms with E-state index in [1.54, 1.807) is 20.8 Å². The van der Waals surface area contributed by atoms with Crippen molar-refractivity contribution in [3.05, 3.63) is 34.9 Å². The van der Waals surface area contributed by atoms with E-state index in [1.807, 2.05) is 65.1 Å². The molecule has 9 heteroatoms. The summed E-state index contributed by atoms with van der Waals surface area (Å²) >= 11 is 1.53. The van der Waals surface area contributed by atoms with Crippen molar-refractivity contribution in [2.45, 2.75) is 85.0 Å². The molecule has 0 spiro atoms. The molecule has 8 nitrogen and oxygen atoms in total. The van der Waals surface area contributed by atoms with Gasteiger partial charge in [-0.25, -0.2) is 4.79 Å². The summed E-state index contributed by atoms with van der Waals surface area (Å²) in [6, 6.07) is 5.71. The summed E-state index contributed by atoms with van der Waals surface area (Å²) in [6.45, 7) is 14.2. The molecule has 0 aliphatic heterocycles. The maximum atomic E-state index is 13.8. The van der Waals surface area contributed by atoms with Crippen molar-refractivity contribution in [2.24, 2.45) is 0 Å². The molecule has 0 bridgehead atoms. The molecule has 0 heterocycles. The molecular weight excluding hydrogens is 464 g/mol. The number of nitriles is 1. The summed E-state index contributed by atoms with van der Waals surface area (Å²) in [6.07, 6.45) is 1.50. The summed E-state index contributed by atoms with van der Waals surface area (Å²) in [7, 11) is 0. The van der Waals surface area contributed by atoms with Gasteiger partial charge in [0.2, 0.25) is 11.8 Å². The minimum atomic E-state index is -1.04. The summed E-state index contributed by atoms with van der Waals surface area (Å²) in [4.78, 5) is 41.2. The number of nitrogens with one attached hydrogen (secondary N) is 2. The van der Waals surface area contributed by atoms with Crippen molar-refractivity contribution in [3.63, 3.8) is 0 Å². The minimum Gasteiger partial charge on any atom is -0.444 e. The maximum Gasteiger partial charge on any atom is 0.408 e. The quantitative estimate of drug-likeness (QED) is 0.486. The SMILES string of the molecule is CSCCC(NC(=O)OC(C)(C)C)C(=O)N(CC#N)C(C(=O)NC(C)(C)C)c1cc(C)ccc1C. The first-order chi connectivity index (χ1) is 16.1. The Hall–Kier alpha value is -2.73. The van der Waals surface area contributed by atoms with Gasteiger partial charge in [0.1, 0.15) is 24.2 Å². The first-order valence-electron chi connectivity index (χ1n) is 11.6. The van der Waals surface area contributed by atoms with Crippen molar-refractivity contribution < 1.29 is 19.1 Å². The van der Waals surface area contributed by atoms with Crippen molar-refractivity contribution >= 4 is 29.7 Å². The van der Waals surface area contributed by atoms with E-state index in [0.29, 0.717) is 17.7 Å². The van der Waals surface area contributed by atoms with E-state index in [0.717, 1.165) is 11.1 Å². The lowest BCUT2D eigenvalue weighted by atomic mass is 9.95. The average Bonchev–Trinajstić information content (AvgIpc) is 2.70. The fourth-order valence-corrected chi connectivity index (χ4v) is 3.93. The highest BCUT2D eigenvalue weighted by Crippen LogP contribution is 2.27. The van der Waals surface area contributed by atoms with Gasteiger partial charge >= 0.3 is 6.09 Å². The Morgan fingerprint density at radius 1 is 1.14 bits per heavy atom. The largest absolute Gasteiger partial charge is 0.444 e. The van der Waals surface area contributed by atoms with E-state index in [4.69, 9.17) is 4.74 Å². The number of thioether (sulfide) groups is 1. The third-order valence-electron chi connectivity index (χ3n) is 4.91. The lowest BCUT2D eigenvalue weighted by Gasteiger charge is -2.35. The number of ether oxygens (including phenoxy) is 1. The van der Waals surface area contributed by atoms with Crippen molar-refractivity contribution in [3.8, 4) is 6.07 Å². The lowest BCUT2D eigenvalue weighted by Crippen LogP contribution is -2.55. The van der Waals surface area contributed by atoms with E-state index in [1.165, 1.54) is 16.7 Å². The van der Waals surface area contributed by atoms with E-state index in [9.17, 15) is 19.6 Å². The number of rotatable bonds is 9. The molecule has 0 radical (unpaired) electrons. The van der Waals surface area contributed by atoms with Gasteiger partial charge in [0.25, 0.3) is 0 Å². The number of aryl methyl sites for hydroxylation is 2. The first-order valence-corrected chi connectivity index (χ1v) is 13.0. The van der Waals surface area contributed by atoms with Crippen LogP contribution in [0.15, 0.2) is 18.2 Å². The fourth-order valence-electron chi connectivity index (χ4n) is 3.46. The molecule has 0 fully saturated rings. The zero-order valence-corrected chi connectivity index (χ0v) is 23.3. The van der Waals surface area contributed by atoms with Crippen molar-refractivity contribution in [1.82, 2.24) is 15.5 Å². The van der Waals surface area contributed by atoms with Crippen LogP contribution in [0.1, 0.15) is 70.7 Å². The monoisotopic (exact) mass is 504 g/mol. The van der Waals surface area contributed by atoms with E-state index >= 15 is 0 Å². The van der Waals surface area contributed by atoms with Gasteiger partial charge in [-0.15, -0.1) is 0 Å². The van der Waals surface area contributed by atoms with Crippen LogP contribution in [0.5, 0.6) is 0 Å². The predicted octanol–water partition coefficient (Wildman–Crippen LogP) is 4.26. The lowest BCUT2D eigenvalue weighted by molar-refractivity contribution is -0.142. The van der Waals surface area contributed by atoms with Crippen LogP contribution in [0.4, 0.5) is 4.79 Å². The van der Waals surface area contributed by atoms with Crippen molar-refractivity contribution in [2.75, 3.05) is 18.6 Å². The molecule has 2 N–H and O–H groups in total. The van der Waals surface area contributed by atoms with Crippen LogP contribution >= 0.6 is 11.8 Å². The van der Waals surface area contributed by atoms with E-state index in [-0.39, 0.29) is 6.54 Å². The highest BCUT2D eigenvalue weighted by Gasteiger charge is 2.37. The van der Waals surface area contributed by atoms with Crippen LogP contribution in [0, 0.1) is 25.2 Å². The van der Waals surface area contributed by atoms with Crippen LogP contribution in [-0.4, -0.2) is 58.5 Å². The highest BCUT2D eigenvalue weighted by molar-refractivity contribution is 7.98. The molecule has 1 aromatic carbocycles.